The largest absolute Gasteiger partial charge is 1.00 e. The van der Waals surface area contributed by atoms with Crippen molar-refractivity contribution in [2.75, 3.05) is 18.0 Å². The Kier molecular flexibility index (Phi) is 5.24. The first kappa shape index (κ1) is 18.4. The normalized spacial score (nSPS) is 22.6. The van der Waals surface area contributed by atoms with E-state index in [9.17, 15) is 5.11 Å². The highest BCUT2D eigenvalue weighted by Gasteiger charge is 2.52. The van der Waals surface area contributed by atoms with E-state index in [0.717, 1.165) is 35.7 Å². The minimum Gasteiger partial charge on any atom is -1.00 e. The SMILES string of the molecule is Cc1ccc(C2(O)CN(c3ccc(Cl)cc3)C3=[N+]2CCCC3)cc1.[Br-]. The van der Waals surface area contributed by atoms with Gasteiger partial charge in [0.2, 0.25) is 0 Å². The van der Waals surface area contributed by atoms with E-state index in [-0.39, 0.29) is 17.0 Å². The molecule has 132 valence electrons. The molecular weight excluding hydrogens is 400 g/mol. The van der Waals surface area contributed by atoms with Crippen LogP contribution in [0.4, 0.5) is 5.69 Å². The zero-order valence-corrected chi connectivity index (χ0v) is 16.6. The quantitative estimate of drug-likeness (QED) is 0.730. The summed E-state index contributed by atoms with van der Waals surface area (Å²) in [6, 6.07) is 16.1. The Labute approximate surface area is 164 Å². The zero-order chi connectivity index (χ0) is 16.7. The predicted molar refractivity (Wildman–Crippen MR) is 97.9 cm³/mol. The molecule has 1 N–H and O–H groups in total. The highest BCUT2D eigenvalue weighted by molar-refractivity contribution is 6.30. The number of hydrogen-bond acceptors (Lipinski definition) is 2. The van der Waals surface area contributed by atoms with E-state index >= 15 is 0 Å². The fraction of sp³-hybridized carbons (Fsp3) is 0.350. The van der Waals surface area contributed by atoms with Crippen molar-refractivity contribution >= 4 is 23.1 Å². The molecule has 0 fully saturated rings. The Morgan fingerprint density at radius 1 is 1.04 bits per heavy atom. The molecule has 0 aromatic heterocycles. The molecule has 2 aliphatic rings. The van der Waals surface area contributed by atoms with Gasteiger partial charge >= 0.3 is 0 Å². The van der Waals surface area contributed by atoms with Crippen molar-refractivity contribution in [2.24, 2.45) is 0 Å². The molecule has 0 aliphatic carbocycles. The van der Waals surface area contributed by atoms with Crippen LogP contribution >= 0.6 is 11.6 Å². The van der Waals surface area contributed by atoms with Gasteiger partial charge in [-0.05, 0) is 44.0 Å². The smallest absolute Gasteiger partial charge is 0.271 e. The molecule has 0 spiro atoms. The summed E-state index contributed by atoms with van der Waals surface area (Å²) in [5.41, 5.74) is 2.29. The molecule has 1 atom stereocenters. The van der Waals surface area contributed by atoms with Crippen LogP contribution in [0.2, 0.25) is 5.02 Å². The van der Waals surface area contributed by atoms with Gasteiger partial charge in [-0.2, -0.15) is 0 Å². The monoisotopic (exact) mass is 420 g/mol. The average Bonchev–Trinajstić information content (AvgIpc) is 2.91. The van der Waals surface area contributed by atoms with Crippen molar-refractivity contribution in [1.82, 2.24) is 0 Å². The zero-order valence-electron chi connectivity index (χ0n) is 14.3. The van der Waals surface area contributed by atoms with Gasteiger partial charge in [0.1, 0.15) is 5.69 Å². The van der Waals surface area contributed by atoms with Crippen molar-refractivity contribution < 1.29 is 26.7 Å². The third-order valence-corrected chi connectivity index (χ3v) is 5.38. The summed E-state index contributed by atoms with van der Waals surface area (Å²) in [4.78, 5) is 2.25. The molecule has 2 aliphatic heterocycles. The van der Waals surface area contributed by atoms with Gasteiger partial charge in [0.25, 0.3) is 11.6 Å². The van der Waals surface area contributed by atoms with Gasteiger partial charge in [0.15, 0.2) is 6.54 Å². The van der Waals surface area contributed by atoms with Crippen LogP contribution in [-0.2, 0) is 5.72 Å². The van der Waals surface area contributed by atoms with E-state index in [1.54, 1.807) is 0 Å². The third kappa shape index (κ3) is 3.23. The second kappa shape index (κ2) is 7.10. The number of β-amino-alcohol motifs (C(OH)–C–C–N with tert-alkyl or cyclic N) is 1. The Hall–Kier alpha value is -1.36. The molecule has 0 amide bonds. The first-order valence-corrected chi connectivity index (χ1v) is 8.92. The van der Waals surface area contributed by atoms with Gasteiger partial charge in [-0.15, -0.1) is 0 Å². The van der Waals surface area contributed by atoms with Gasteiger partial charge in [0.05, 0.1) is 6.54 Å². The van der Waals surface area contributed by atoms with Crippen LogP contribution in [0.5, 0.6) is 0 Å². The van der Waals surface area contributed by atoms with E-state index in [1.807, 2.05) is 36.4 Å². The molecule has 1 unspecified atom stereocenters. The molecule has 5 heteroatoms. The molecule has 4 rings (SSSR count). The number of halogens is 2. The van der Waals surface area contributed by atoms with E-state index < -0.39 is 5.72 Å². The highest BCUT2D eigenvalue weighted by atomic mass is 79.9. The Balaban J connectivity index is 0.00000182. The Morgan fingerprint density at radius 2 is 1.72 bits per heavy atom. The number of nitrogens with zero attached hydrogens (tertiary/aromatic N) is 2. The van der Waals surface area contributed by atoms with Crippen molar-refractivity contribution in [3.63, 3.8) is 0 Å². The Morgan fingerprint density at radius 3 is 2.40 bits per heavy atom. The highest BCUT2D eigenvalue weighted by Crippen LogP contribution is 2.36. The molecule has 2 aromatic rings. The molecule has 2 heterocycles. The summed E-state index contributed by atoms with van der Waals surface area (Å²) in [5.74, 6) is 1.21. The van der Waals surface area contributed by atoms with Crippen molar-refractivity contribution in [3.8, 4) is 0 Å². The van der Waals surface area contributed by atoms with Gasteiger partial charge in [-0.3, -0.25) is 0 Å². The van der Waals surface area contributed by atoms with Crippen LogP contribution in [0.1, 0.15) is 30.4 Å². The van der Waals surface area contributed by atoms with E-state index in [2.05, 4.69) is 28.5 Å². The maximum Gasteiger partial charge on any atom is 0.271 e. The molecule has 0 saturated carbocycles. The average molecular weight is 422 g/mol. The molecule has 0 radical (unpaired) electrons. The number of benzene rings is 2. The first-order chi connectivity index (χ1) is 11.6. The number of anilines is 1. The first-order valence-electron chi connectivity index (χ1n) is 8.54. The van der Waals surface area contributed by atoms with Gasteiger partial charge in [0, 0.05) is 17.0 Å². The maximum atomic E-state index is 11.6. The number of aryl methyl sites for hydroxylation is 1. The number of hydrogen-bond donors (Lipinski definition) is 1. The standard InChI is InChI=1S/C20H22ClN2O.BrH/c1-15-5-7-16(8-6-15)20(24)14-22(18-11-9-17(21)10-12-18)19-4-2-3-13-23(19)20;/h5-12,24H,2-4,13-14H2,1H3;1H/q+1;/p-1. The number of rotatable bonds is 2. The summed E-state index contributed by atoms with van der Waals surface area (Å²) < 4.78 is 2.19. The fourth-order valence-corrected chi connectivity index (χ4v) is 3.95. The van der Waals surface area contributed by atoms with Crippen molar-refractivity contribution in [3.05, 3.63) is 64.7 Å². The van der Waals surface area contributed by atoms with Crippen LogP contribution in [0, 0.1) is 6.92 Å². The van der Waals surface area contributed by atoms with Crippen LogP contribution < -0.4 is 21.9 Å². The topological polar surface area (TPSA) is 26.5 Å². The van der Waals surface area contributed by atoms with E-state index in [0.29, 0.717) is 6.54 Å². The molecule has 0 bridgehead atoms. The number of aliphatic hydroxyl groups is 1. The third-order valence-electron chi connectivity index (χ3n) is 5.13. The van der Waals surface area contributed by atoms with Crippen LogP contribution in [0.25, 0.3) is 0 Å². The molecule has 3 nitrogen and oxygen atoms in total. The predicted octanol–water partition coefficient (Wildman–Crippen LogP) is 0.913. The minimum absolute atomic E-state index is 0. The lowest BCUT2D eigenvalue weighted by atomic mass is 10.0. The van der Waals surface area contributed by atoms with Crippen LogP contribution in [0.3, 0.4) is 0 Å². The lowest BCUT2D eigenvalue weighted by Gasteiger charge is -2.24. The second-order valence-electron chi connectivity index (χ2n) is 6.77. The van der Waals surface area contributed by atoms with Crippen LogP contribution in [0.15, 0.2) is 48.5 Å². The molecule has 25 heavy (non-hydrogen) atoms. The van der Waals surface area contributed by atoms with Crippen molar-refractivity contribution in [2.45, 2.75) is 31.9 Å². The second-order valence-corrected chi connectivity index (χ2v) is 7.21. The van der Waals surface area contributed by atoms with E-state index in [1.165, 1.54) is 17.8 Å². The lowest BCUT2D eigenvalue weighted by molar-refractivity contribution is -0.661. The molecule has 2 aromatic carbocycles. The van der Waals surface area contributed by atoms with Gasteiger partial charge in [-0.25, -0.2) is 9.48 Å². The summed E-state index contributed by atoms with van der Waals surface area (Å²) in [7, 11) is 0. The summed E-state index contributed by atoms with van der Waals surface area (Å²) >= 11 is 6.04. The van der Waals surface area contributed by atoms with Crippen molar-refractivity contribution in [1.29, 1.82) is 0 Å². The maximum absolute atomic E-state index is 11.6. The summed E-state index contributed by atoms with van der Waals surface area (Å²) in [6.07, 6.45) is 3.28. The number of amidine groups is 1. The molecular formula is C20H22BrClN2O. The van der Waals surface area contributed by atoms with E-state index in [4.69, 9.17) is 11.6 Å². The summed E-state index contributed by atoms with van der Waals surface area (Å²) in [5, 5.41) is 12.3. The van der Waals surface area contributed by atoms with Gasteiger partial charge in [-0.1, -0.05) is 41.4 Å². The van der Waals surface area contributed by atoms with Crippen LogP contribution in [-0.4, -0.2) is 28.6 Å². The Bertz CT molecular complexity index is 788. The van der Waals surface area contributed by atoms with Gasteiger partial charge < -0.3 is 22.1 Å². The molecule has 0 saturated heterocycles. The lowest BCUT2D eigenvalue weighted by Crippen LogP contribution is -3.00. The minimum atomic E-state index is -0.969. The fourth-order valence-electron chi connectivity index (χ4n) is 3.82. The summed E-state index contributed by atoms with van der Waals surface area (Å²) in [6.45, 7) is 3.51.